The SMILES string of the molecule is COC(=O)CNCc1ccc(-c2cncc(Br)c2)cc1. The zero-order chi connectivity index (χ0) is 14.4. The first-order valence-corrected chi connectivity index (χ1v) is 6.96. The van der Waals surface area contributed by atoms with Gasteiger partial charge in [-0.3, -0.25) is 9.78 Å². The Morgan fingerprint density at radius 2 is 2.00 bits per heavy atom. The number of aromatic nitrogens is 1. The van der Waals surface area contributed by atoms with Crippen LogP contribution >= 0.6 is 15.9 Å². The number of methoxy groups -OCH3 is 1. The van der Waals surface area contributed by atoms with E-state index in [1.165, 1.54) is 7.11 Å². The van der Waals surface area contributed by atoms with Crippen LogP contribution in [0, 0.1) is 0 Å². The first kappa shape index (κ1) is 14.7. The molecule has 1 aromatic carbocycles. The lowest BCUT2D eigenvalue weighted by atomic mass is 10.1. The molecule has 0 spiro atoms. The second-order valence-electron chi connectivity index (χ2n) is 4.27. The third-order valence-electron chi connectivity index (χ3n) is 2.82. The smallest absolute Gasteiger partial charge is 0.319 e. The summed E-state index contributed by atoms with van der Waals surface area (Å²) >= 11 is 3.41. The molecule has 0 radical (unpaired) electrons. The van der Waals surface area contributed by atoms with Crippen LogP contribution in [-0.4, -0.2) is 24.6 Å². The fraction of sp³-hybridized carbons (Fsp3) is 0.200. The molecule has 0 fully saturated rings. The number of halogens is 1. The number of carbonyl (C=O) groups is 1. The van der Waals surface area contributed by atoms with Gasteiger partial charge in [0, 0.05) is 29.0 Å². The van der Waals surface area contributed by atoms with Crippen molar-refractivity contribution in [1.29, 1.82) is 0 Å². The van der Waals surface area contributed by atoms with E-state index in [0.717, 1.165) is 21.2 Å². The van der Waals surface area contributed by atoms with E-state index < -0.39 is 0 Å². The average molecular weight is 335 g/mol. The van der Waals surface area contributed by atoms with Crippen molar-refractivity contribution in [3.63, 3.8) is 0 Å². The minimum Gasteiger partial charge on any atom is -0.468 e. The quantitative estimate of drug-likeness (QED) is 0.854. The molecule has 2 rings (SSSR count). The Kier molecular flexibility index (Phi) is 5.26. The summed E-state index contributed by atoms with van der Waals surface area (Å²) in [6.45, 7) is 0.847. The largest absolute Gasteiger partial charge is 0.468 e. The molecular formula is C15H15BrN2O2. The summed E-state index contributed by atoms with van der Waals surface area (Å²) in [5.74, 6) is -0.262. The summed E-state index contributed by atoms with van der Waals surface area (Å²) in [7, 11) is 1.38. The van der Waals surface area contributed by atoms with Crippen molar-refractivity contribution in [3.8, 4) is 11.1 Å². The molecule has 0 saturated carbocycles. The lowest BCUT2D eigenvalue weighted by molar-refractivity contribution is -0.139. The number of hydrogen-bond acceptors (Lipinski definition) is 4. The number of nitrogens with one attached hydrogen (secondary N) is 1. The number of rotatable bonds is 5. The first-order valence-electron chi connectivity index (χ1n) is 6.16. The minimum absolute atomic E-state index is 0.216. The highest BCUT2D eigenvalue weighted by Crippen LogP contribution is 2.21. The van der Waals surface area contributed by atoms with Crippen molar-refractivity contribution < 1.29 is 9.53 Å². The van der Waals surface area contributed by atoms with E-state index in [0.29, 0.717) is 6.54 Å². The second-order valence-corrected chi connectivity index (χ2v) is 5.18. The van der Waals surface area contributed by atoms with Gasteiger partial charge in [0.2, 0.25) is 0 Å². The predicted octanol–water partition coefficient (Wildman–Crippen LogP) is 2.77. The highest BCUT2D eigenvalue weighted by molar-refractivity contribution is 9.10. The molecule has 1 N–H and O–H groups in total. The van der Waals surface area contributed by atoms with Gasteiger partial charge in [0.25, 0.3) is 0 Å². The van der Waals surface area contributed by atoms with Crippen molar-refractivity contribution in [2.75, 3.05) is 13.7 Å². The van der Waals surface area contributed by atoms with Crippen LogP contribution in [0.1, 0.15) is 5.56 Å². The van der Waals surface area contributed by atoms with Crippen LogP contribution in [0.2, 0.25) is 0 Å². The number of pyridine rings is 1. The Morgan fingerprint density at radius 3 is 2.65 bits per heavy atom. The molecule has 0 amide bonds. The molecule has 0 bridgehead atoms. The number of nitrogens with zero attached hydrogens (tertiary/aromatic N) is 1. The molecule has 4 nitrogen and oxygen atoms in total. The van der Waals surface area contributed by atoms with E-state index in [2.05, 4.69) is 31.0 Å². The van der Waals surface area contributed by atoms with E-state index in [-0.39, 0.29) is 12.5 Å². The molecule has 5 heteroatoms. The van der Waals surface area contributed by atoms with Crippen LogP contribution in [0.15, 0.2) is 47.2 Å². The maximum absolute atomic E-state index is 11.0. The molecule has 104 valence electrons. The third kappa shape index (κ3) is 4.15. The molecule has 0 aliphatic rings. The second kappa shape index (κ2) is 7.17. The zero-order valence-electron chi connectivity index (χ0n) is 11.1. The fourth-order valence-corrected chi connectivity index (χ4v) is 2.13. The van der Waals surface area contributed by atoms with Gasteiger partial charge in [-0.1, -0.05) is 24.3 Å². The van der Waals surface area contributed by atoms with Crippen molar-refractivity contribution >= 4 is 21.9 Å². The van der Waals surface area contributed by atoms with Gasteiger partial charge in [-0.25, -0.2) is 0 Å². The molecule has 0 aliphatic carbocycles. The molecule has 0 atom stereocenters. The van der Waals surface area contributed by atoms with Crippen molar-refractivity contribution in [1.82, 2.24) is 10.3 Å². The van der Waals surface area contributed by atoms with Crippen LogP contribution < -0.4 is 5.32 Å². The van der Waals surface area contributed by atoms with Gasteiger partial charge >= 0.3 is 5.97 Å². The fourth-order valence-electron chi connectivity index (χ4n) is 1.77. The number of ether oxygens (including phenoxy) is 1. The summed E-state index contributed by atoms with van der Waals surface area (Å²) in [5.41, 5.74) is 3.28. The monoisotopic (exact) mass is 334 g/mol. The summed E-state index contributed by atoms with van der Waals surface area (Å²) in [5, 5.41) is 3.03. The zero-order valence-corrected chi connectivity index (χ0v) is 12.7. The number of benzene rings is 1. The maximum atomic E-state index is 11.0. The molecule has 0 unspecified atom stereocenters. The van der Waals surface area contributed by atoms with Gasteiger partial charge in [0.15, 0.2) is 0 Å². The Balaban J connectivity index is 1.98. The topological polar surface area (TPSA) is 51.2 Å². The third-order valence-corrected chi connectivity index (χ3v) is 3.25. The molecule has 1 heterocycles. The van der Waals surface area contributed by atoms with Gasteiger partial charge in [0.05, 0.1) is 13.7 Å². The van der Waals surface area contributed by atoms with Crippen LogP contribution in [0.3, 0.4) is 0 Å². The standard InChI is InChI=1S/C15H15BrN2O2/c1-20-15(19)10-17-7-11-2-4-12(5-3-11)13-6-14(16)9-18-8-13/h2-6,8-9,17H,7,10H2,1H3. The molecular weight excluding hydrogens is 320 g/mol. The van der Waals surface area contributed by atoms with Gasteiger partial charge in [0.1, 0.15) is 0 Å². The predicted molar refractivity (Wildman–Crippen MR) is 81.1 cm³/mol. The Morgan fingerprint density at radius 1 is 1.25 bits per heavy atom. The molecule has 20 heavy (non-hydrogen) atoms. The Labute approximate surface area is 126 Å². The first-order chi connectivity index (χ1) is 9.69. The van der Waals surface area contributed by atoms with Crippen LogP contribution in [0.4, 0.5) is 0 Å². The molecule has 1 aromatic heterocycles. The van der Waals surface area contributed by atoms with Crippen molar-refractivity contribution in [3.05, 3.63) is 52.8 Å². The lowest BCUT2D eigenvalue weighted by Crippen LogP contribution is -2.23. The number of esters is 1. The van der Waals surface area contributed by atoms with Crippen LogP contribution in [-0.2, 0) is 16.1 Å². The van der Waals surface area contributed by atoms with E-state index in [1.54, 1.807) is 6.20 Å². The van der Waals surface area contributed by atoms with E-state index in [9.17, 15) is 4.79 Å². The highest BCUT2D eigenvalue weighted by Gasteiger charge is 2.01. The van der Waals surface area contributed by atoms with E-state index in [1.807, 2.05) is 36.5 Å². The number of hydrogen-bond donors (Lipinski definition) is 1. The normalized spacial score (nSPS) is 10.3. The van der Waals surface area contributed by atoms with E-state index >= 15 is 0 Å². The highest BCUT2D eigenvalue weighted by atomic mass is 79.9. The Bertz CT molecular complexity index is 585. The summed E-state index contributed by atoms with van der Waals surface area (Å²) in [6.07, 6.45) is 3.59. The van der Waals surface area contributed by atoms with E-state index in [4.69, 9.17) is 0 Å². The van der Waals surface area contributed by atoms with Crippen LogP contribution in [0.25, 0.3) is 11.1 Å². The van der Waals surface area contributed by atoms with Crippen molar-refractivity contribution in [2.24, 2.45) is 0 Å². The lowest BCUT2D eigenvalue weighted by Gasteiger charge is -2.06. The molecule has 0 saturated heterocycles. The van der Waals surface area contributed by atoms with Crippen molar-refractivity contribution in [2.45, 2.75) is 6.54 Å². The van der Waals surface area contributed by atoms with Gasteiger partial charge < -0.3 is 10.1 Å². The number of carbonyl (C=O) groups excluding carboxylic acids is 1. The maximum Gasteiger partial charge on any atom is 0.319 e. The summed E-state index contributed by atoms with van der Waals surface area (Å²) < 4.78 is 5.52. The summed E-state index contributed by atoms with van der Waals surface area (Å²) in [6, 6.07) is 10.2. The van der Waals surface area contributed by atoms with Gasteiger partial charge in [-0.2, -0.15) is 0 Å². The Hall–Kier alpha value is -1.72. The van der Waals surface area contributed by atoms with Gasteiger partial charge in [-0.05, 0) is 33.1 Å². The minimum atomic E-state index is -0.262. The van der Waals surface area contributed by atoms with Gasteiger partial charge in [-0.15, -0.1) is 0 Å². The molecule has 2 aromatic rings. The molecule has 0 aliphatic heterocycles. The van der Waals surface area contributed by atoms with Crippen LogP contribution in [0.5, 0.6) is 0 Å². The summed E-state index contributed by atoms with van der Waals surface area (Å²) in [4.78, 5) is 15.1. The average Bonchev–Trinajstić information content (AvgIpc) is 2.48.